The Kier molecular flexibility index (Phi) is 13.7. The zero-order chi connectivity index (χ0) is 23.7. The molecule has 0 aliphatic heterocycles. The quantitative estimate of drug-likeness (QED) is 0.210. The summed E-state index contributed by atoms with van der Waals surface area (Å²) in [6.07, 6.45) is 17.6. The SMILES string of the molecule is CCCCCCCCCCc1ccc(-c2ncc(OCCC(F)CCC(C)CC)cn2)cc1. The smallest absolute Gasteiger partial charge is 0.159 e. The lowest BCUT2D eigenvalue weighted by Gasteiger charge is -2.12. The van der Waals surface area contributed by atoms with Crippen LogP contribution in [0.5, 0.6) is 5.75 Å². The third-order valence-corrected chi connectivity index (χ3v) is 6.53. The predicted octanol–water partition coefficient (Wildman–Crippen LogP) is 8.76. The first-order valence-corrected chi connectivity index (χ1v) is 13.3. The maximum absolute atomic E-state index is 14.0. The van der Waals surface area contributed by atoms with Crippen molar-refractivity contribution >= 4 is 0 Å². The van der Waals surface area contributed by atoms with Crippen LogP contribution in [-0.4, -0.2) is 22.7 Å². The molecule has 0 aliphatic rings. The number of benzene rings is 1. The van der Waals surface area contributed by atoms with Gasteiger partial charge in [0, 0.05) is 12.0 Å². The van der Waals surface area contributed by atoms with Crippen LogP contribution in [0.1, 0.15) is 103 Å². The van der Waals surface area contributed by atoms with E-state index in [1.807, 2.05) is 0 Å². The molecule has 2 unspecified atom stereocenters. The number of nitrogens with zero attached hydrogens (tertiary/aromatic N) is 2. The van der Waals surface area contributed by atoms with Crippen LogP contribution in [0, 0.1) is 5.92 Å². The van der Waals surface area contributed by atoms with Gasteiger partial charge >= 0.3 is 0 Å². The Labute approximate surface area is 201 Å². The Hall–Kier alpha value is -1.97. The molecule has 2 rings (SSSR count). The highest BCUT2D eigenvalue weighted by atomic mass is 19.1. The lowest BCUT2D eigenvalue weighted by Crippen LogP contribution is -2.09. The number of unbranched alkanes of at least 4 members (excludes halogenated alkanes) is 7. The van der Waals surface area contributed by atoms with Crippen LogP contribution in [0.3, 0.4) is 0 Å². The molecule has 0 aliphatic carbocycles. The number of aromatic nitrogens is 2. The molecular formula is C29H45FN2O. The number of ether oxygens (including phenoxy) is 1. The van der Waals surface area contributed by atoms with Crippen LogP contribution < -0.4 is 4.74 Å². The highest BCUT2D eigenvalue weighted by Crippen LogP contribution is 2.20. The minimum atomic E-state index is -0.802. The largest absolute Gasteiger partial charge is 0.490 e. The van der Waals surface area contributed by atoms with Gasteiger partial charge in [-0.25, -0.2) is 14.4 Å². The topological polar surface area (TPSA) is 35.0 Å². The van der Waals surface area contributed by atoms with Gasteiger partial charge in [-0.1, -0.05) is 96.4 Å². The molecule has 0 radical (unpaired) electrons. The molecule has 1 aromatic heterocycles. The average Bonchev–Trinajstić information content (AvgIpc) is 2.85. The van der Waals surface area contributed by atoms with Gasteiger partial charge in [-0.3, -0.25) is 0 Å². The third-order valence-electron chi connectivity index (χ3n) is 6.53. The molecule has 0 N–H and O–H groups in total. The summed E-state index contributed by atoms with van der Waals surface area (Å²) in [6.45, 7) is 6.95. The van der Waals surface area contributed by atoms with Crippen LogP contribution in [0.25, 0.3) is 11.4 Å². The molecule has 0 fully saturated rings. The van der Waals surface area contributed by atoms with Gasteiger partial charge in [-0.2, -0.15) is 0 Å². The molecule has 0 amide bonds. The van der Waals surface area contributed by atoms with E-state index in [1.54, 1.807) is 12.4 Å². The number of hydrogen-bond acceptors (Lipinski definition) is 3. The van der Waals surface area contributed by atoms with E-state index in [-0.39, 0.29) is 0 Å². The first kappa shape index (κ1) is 27.3. The molecule has 2 atom stereocenters. The summed E-state index contributed by atoms with van der Waals surface area (Å²) in [7, 11) is 0. The van der Waals surface area contributed by atoms with E-state index in [2.05, 4.69) is 55.0 Å². The van der Waals surface area contributed by atoms with Gasteiger partial charge in [0.1, 0.15) is 6.17 Å². The summed E-state index contributed by atoms with van der Waals surface area (Å²) >= 11 is 0. The summed E-state index contributed by atoms with van der Waals surface area (Å²) in [5.41, 5.74) is 2.38. The summed E-state index contributed by atoms with van der Waals surface area (Å²) in [6, 6.07) is 8.57. The second-order valence-corrected chi connectivity index (χ2v) is 9.49. The zero-order valence-corrected chi connectivity index (χ0v) is 21.2. The molecule has 3 nitrogen and oxygen atoms in total. The number of rotatable bonds is 18. The van der Waals surface area contributed by atoms with Gasteiger partial charge in [0.15, 0.2) is 11.6 Å². The van der Waals surface area contributed by atoms with Gasteiger partial charge in [-0.05, 0) is 37.2 Å². The second-order valence-electron chi connectivity index (χ2n) is 9.49. The van der Waals surface area contributed by atoms with Crippen LogP contribution in [-0.2, 0) is 6.42 Å². The van der Waals surface area contributed by atoms with Crippen molar-refractivity contribution in [2.45, 2.75) is 110 Å². The minimum absolute atomic E-state index is 0.359. The van der Waals surface area contributed by atoms with Crippen molar-refractivity contribution in [3.8, 4) is 17.1 Å². The maximum Gasteiger partial charge on any atom is 0.159 e. The zero-order valence-electron chi connectivity index (χ0n) is 21.2. The van der Waals surface area contributed by atoms with Crippen LogP contribution in [0.4, 0.5) is 4.39 Å². The first-order chi connectivity index (χ1) is 16.1. The van der Waals surface area contributed by atoms with E-state index in [9.17, 15) is 4.39 Å². The first-order valence-electron chi connectivity index (χ1n) is 13.3. The van der Waals surface area contributed by atoms with Crippen molar-refractivity contribution in [2.75, 3.05) is 6.61 Å². The van der Waals surface area contributed by atoms with E-state index in [1.165, 1.54) is 56.9 Å². The molecule has 2 aromatic rings. The average molecular weight is 457 g/mol. The summed E-state index contributed by atoms with van der Waals surface area (Å²) < 4.78 is 19.6. The van der Waals surface area contributed by atoms with Crippen molar-refractivity contribution < 1.29 is 9.13 Å². The molecule has 0 spiro atoms. The van der Waals surface area contributed by atoms with Crippen molar-refractivity contribution in [3.05, 3.63) is 42.2 Å². The van der Waals surface area contributed by atoms with Gasteiger partial charge in [-0.15, -0.1) is 0 Å². The number of halogens is 1. The van der Waals surface area contributed by atoms with Crippen molar-refractivity contribution in [1.29, 1.82) is 0 Å². The fraction of sp³-hybridized carbons (Fsp3) is 0.655. The predicted molar refractivity (Wildman–Crippen MR) is 137 cm³/mol. The highest BCUT2D eigenvalue weighted by Gasteiger charge is 2.10. The van der Waals surface area contributed by atoms with E-state index in [4.69, 9.17) is 4.74 Å². The Morgan fingerprint density at radius 3 is 2.09 bits per heavy atom. The molecule has 1 heterocycles. The molecule has 0 bridgehead atoms. The molecule has 1 aromatic carbocycles. The molecule has 4 heteroatoms. The fourth-order valence-corrected chi connectivity index (χ4v) is 3.94. The second kappa shape index (κ2) is 16.6. The summed E-state index contributed by atoms with van der Waals surface area (Å²) in [5.74, 6) is 1.88. The third kappa shape index (κ3) is 11.6. The van der Waals surface area contributed by atoms with E-state index in [0.717, 1.165) is 24.8 Å². The van der Waals surface area contributed by atoms with Gasteiger partial charge < -0.3 is 4.74 Å². The van der Waals surface area contributed by atoms with Crippen LogP contribution in [0.2, 0.25) is 0 Å². The van der Waals surface area contributed by atoms with Crippen molar-refractivity contribution in [1.82, 2.24) is 9.97 Å². The number of hydrogen-bond donors (Lipinski definition) is 0. The lowest BCUT2D eigenvalue weighted by molar-refractivity contribution is 0.216. The fourth-order valence-electron chi connectivity index (χ4n) is 3.94. The van der Waals surface area contributed by atoms with Gasteiger partial charge in [0.2, 0.25) is 0 Å². The standard InChI is InChI=1S/C29H45FN2O/c1-4-6-7-8-9-10-11-12-13-25-15-17-26(18-16-25)29-31-22-28(23-32-29)33-21-20-27(30)19-14-24(3)5-2/h15-18,22-24,27H,4-14,19-21H2,1-3H3. The molecule has 0 saturated carbocycles. The molecule has 184 valence electrons. The Morgan fingerprint density at radius 1 is 0.818 bits per heavy atom. The molecule has 0 saturated heterocycles. The Morgan fingerprint density at radius 2 is 1.45 bits per heavy atom. The molecular weight excluding hydrogens is 411 g/mol. The van der Waals surface area contributed by atoms with E-state index >= 15 is 0 Å². The maximum atomic E-state index is 14.0. The lowest BCUT2D eigenvalue weighted by atomic mass is 10.0. The highest BCUT2D eigenvalue weighted by molar-refractivity contribution is 5.55. The van der Waals surface area contributed by atoms with Gasteiger partial charge in [0.05, 0.1) is 19.0 Å². The normalized spacial score (nSPS) is 13.1. The van der Waals surface area contributed by atoms with Crippen molar-refractivity contribution in [2.24, 2.45) is 5.92 Å². The Balaban J connectivity index is 1.66. The number of aryl methyl sites for hydroxylation is 1. The number of alkyl halides is 1. The molecule has 33 heavy (non-hydrogen) atoms. The summed E-state index contributed by atoms with van der Waals surface area (Å²) in [4.78, 5) is 8.87. The van der Waals surface area contributed by atoms with Crippen LogP contribution in [0.15, 0.2) is 36.7 Å². The summed E-state index contributed by atoms with van der Waals surface area (Å²) in [5, 5.41) is 0. The Bertz CT molecular complexity index is 732. The van der Waals surface area contributed by atoms with Crippen molar-refractivity contribution in [3.63, 3.8) is 0 Å². The van der Waals surface area contributed by atoms with E-state index < -0.39 is 6.17 Å². The minimum Gasteiger partial charge on any atom is -0.490 e. The van der Waals surface area contributed by atoms with Gasteiger partial charge in [0.25, 0.3) is 0 Å². The monoisotopic (exact) mass is 456 g/mol. The van der Waals surface area contributed by atoms with Crippen LogP contribution >= 0.6 is 0 Å². The van der Waals surface area contributed by atoms with E-state index in [0.29, 0.717) is 36.9 Å².